The van der Waals surface area contributed by atoms with Crippen LogP contribution in [0.4, 0.5) is 34.1 Å². The predicted octanol–water partition coefficient (Wildman–Crippen LogP) is 30.0. The van der Waals surface area contributed by atoms with E-state index in [9.17, 15) is 0 Å². The molecule has 20 aromatic carbocycles. The fraction of sp³-hybridized carbons (Fsp3) is 0. The molecule has 0 saturated carbocycles. The fourth-order valence-corrected chi connectivity index (χ4v) is 17.5. The third-order valence-electron chi connectivity index (χ3n) is 22.5. The van der Waals surface area contributed by atoms with Crippen molar-refractivity contribution in [2.45, 2.75) is 0 Å². The second-order valence-electron chi connectivity index (χ2n) is 28.6. The Morgan fingerprint density at radius 3 is 0.852 bits per heavy atom. The lowest BCUT2D eigenvalue weighted by molar-refractivity contribution is 1.29. The summed E-state index contributed by atoms with van der Waals surface area (Å²) in [4.78, 5) is 4.91. The number of benzene rings is 20. The van der Waals surface area contributed by atoms with Gasteiger partial charge in [0.2, 0.25) is 0 Å². The Hall–Kier alpha value is -14.2. The van der Waals surface area contributed by atoms with Gasteiger partial charge >= 0.3 is 0 Å². The van der Waals surface area contributed by atoms with Gasteiger partial charge in [-0.3, -0.25) is 0 Å². The van der Waals surface area contributed by atoms with Gasteiger partial charge in [0, 0.05) is 33.6 Å². The van der Waals surface area contributed by atoms with E-state index in [1.807, 2.05) is 0 Å². The van der Waals surface area contributed by atoms with Crippen molar-refractivity contribution in [1.29, 1.82) is 0 Å². The van der Waals surface area contributed by atoms with Gasteiger partial charge in [-0.2, -0.15) is 0 Å². The van der Waals surface area contributed by atoms with Crippen LogP contribution in [0.2, 0.25) is 0 Å². The first kappa shape index (κ1) is 62.4. The average Bonchev–Trinajstić information content (AvgIpc) is 1.22. The first-order chi connectivity index (χ1) is 53.6. The third-order valence-corrected chi connectivity index (χ3v) is 22.5. The van der Waals surface area contributed by atoms with E-state index >= 15 is 0 Å². The Bertz CT molecular complexity index is 6950. The van der Waals surface area contributed by atoms with Crippen LogP contribution in [0.3, 0.4) is 0 Å². The molecular weight excluding hydrogens is 1300 g/mol. The van der Waals surface area contributed by atoms with E-state index < -0.39 is 0 Å². The van der Waals surface area contributed by atoms with E-state index in [0.717, 1.165) is 17.1 Å². The monoisotopic (exact) mass is 1370 g/mol. The molecule has 108 heavy (non-hydrogen) atoms. The van der Waals surface area contributed by atoms with Crippen LogP contribution < -0.4 is 9.80 Å². The lowest BCUT2D eigenvalue weighted by Gasteiger charge is -2.28. The van der Waals surface area contributed by atoms with Crippen LogP contribution in [0, 0.1) is 0 Å². The Kier molecular flexibility index (Phi) is 15.0. The van der Waals surface area contributed by atoms with Crippen LogP contribution in [0.1, 0.15) is 0 Å². The molecular formula is C106H68N2. The van der Waals surface area contributed by atoms with E-state index in [0.29, 0.717) is 0 Å². The van der Waals surface area contributed by atoms with Gasteiger partial charge in [0.15, 0.2) is 0 Å². The molecule has 0 radical (unpaired) electrons. The highest BCUT2D eigenvalue weighted by Gasteiger charge is 2.29. The fourth-order valence-electron chi connectivity index (χ4n) is 17.5. The Balaban J connectivity index is 0.000000138. The van der Waals surface area contributed by atoms with E-state index in [1.54, 1.807) is 0 Å². The highest BCUT2D eigenvalue weighted by molar-refractivity contribution is 6.27. The molecule has 0 fully saturated rings. The van der Waals surface area contributed by atoms with E-state index in [1.165, 1.54) is 193 Å². The minimum absolute atomic E-state index is 1.13. The van der Waals surface area contributed by atoms with Crippen LogP contribution in [-0.4, -0.2) is 0 Å². The lowest BCUT2D eigenvalue weighted by Crippen LogP contribution is -2.11. The number of hydrogen-bond acceptors (Lipinski definition) is 2. The zero-order valence-electron chi connectivity index (χ0n) is 59.2. The molecule has 2 heteroatoms. The summed E-state index contributed by atoms with van der Waals surface area (Å²) in [6, 6.07) is 152. The van der Waals surface area contributed by atoms with Crippen LogP contribution in [0.25, 0.3) is 176 Å². The number of rotatable bonds is 7. The van der Waals surface area contributed by atoms with Gasteiger partial charge in [0.25, 0.3) is 0 Å². The van der Waals surface area contributed by atoms with Crippen LogP contribution in [0.15, 0.2) is 413 Å². The number of fused-ring (bicyclic) bond motifs is 23. The van der Waals surface area contributed by atoms with Gasteiger partial charge in [-0.1, -0.05) is 328 Å². The van der Waals surface area contributed by atoms with Gasteiger partial charge in [0.05, 0.1) is 22.7 Å². The van der Waals surface area contributed by atoms with Crippen molar-refractivity contribution < 1.29 is 0 Å². The summed E-state index contributed by atoms with van der Waals surface area (Å²) < 4.78 is 0. The Labute approximate surface area is 627 Å². The first-order valence-electron chi connectivity index (χ1n) is 37.4. The molecule has 502 valence electrons. The van der Waals surface area contributed by atoms with E-state index in [4.69, 9.17) is 0 Å². The summed E-state index contributed by atoms with van der Waals surface area (Å²) in [6.45, 7) is 0. The summed E-state index contributed by atoms with van der Waals surface area (Å²) in [5, 5.41) is 18.0. The zero-order valence-corrected chi connectivity index (χ0v) is 59.2. The molecule has 0 spiro atoms. The maximum absolute atomic E-state index is 2.46. The molecule has 0 saturated heterocycles. The van der Waals surface area contributed by atoms with Gasteiger partial charge in [-0.25, -0.2) is 0 Å². The molecule has 0 bridgehead atoms. The topological polar surface area (TPSA) is 6.48 Å². The maximum Gasteiger partial charge on any atom is 0.0540 e. The SMILES string of the molecule is c1cc(-c2ccc3ccccc3c2)cc(N2c3ccccc3-c3ccccc3-c3cc(-c4ccc5c6ccccc6c6ccccc6c5c4)ccc32)c1.c1ccc(-c2cccc(-c3cccc(N4c5ccccc5-c5ccccc5-c5cc(-c6ccc7c8ccccc8c8ccccc8c7c6)ccc54)c3)c2)cc1. The molecule has 0 aromatic heterocycles. The smallest absolute Gasteiger partial charge is 0.0540 e. The van der Waals surface area contributed by atoms with Crippen molar-refractivity contribution in [1.82, 2.24) is 0 Å². The lowest BCUT2D eigenvalue weighted by atomic mass is 9.90. The van der Waals surface area contributed by atoms with Gasteiger partial charge < -0.3 is 9.80 Å². The highest BCUT2D eigenvalue weighted by atomic mass is 15.2. The summed E-state index contributed by atoms with van der Waals surface area (Å²) in [5.74, 6) is 0. The summed E-state index contributed by atoms with van der Waals surface area (Å²) >= 11 is 0. The maximum atomic E-state index is 2.46. The molecule has 2 aliphatic heterocycles. The number of nitrogens with zero attached hydrogens (tertiary/aromatic N) is 2. The normalized spacial score (nSPS) is 12.0. The molecule has 0 N–H and O–H groups in total. The van der Waals surface area contributed by atoms with Crippen LogP contribution in [-0.2, 0) is 0 Å². The molecule has 0 unspecified atom stereocenters. The quantitative estimate of drug-likeness (QED) is 0.147. The van der Waals surface area contributed by atoms with Crippen molar-refractivity contribution in [2.75, 3.05) is 9.80 Å². The summed E-state index contributed by atoms with van der Waals surface area (Å²) in [7, 11) is 0. The molecule has 2 aliphatic rings. The minimum Gasteiger partial charge on any atom is -0.309 e. The molecule has 22 rings (SSSR count). The molecule has 20 aromatic rings. The second kappa shape index (κ2) is 25.9. The Morgan fingerprint density at radius 2 is 0.398 bits per heavy atom. The number of para-hydroxylation sites is 2. The first-order valence-corrected chi connectivity index (χ1v) is 37.4. The molecule has 0 atom stereocenters. The minimum atomic E-state index is 1.13. The van der Waals surface area contributed by atoms with Gasteiger partial charge in [0.1, 0.15) is 0 Å². The van der Waals surface area contributed by atoms with E-state index in [-0.39, 0.29) is 0 Å². The van der Waals surface area contributed by atoms with Crippen molar-refractivity contribution in [3.8, 4) is 100 Å². The molecule has 0 aliphatic carbocycles. The largest absolute Gasteiger partial charge is 0.309 e. The number of hydrogen-bond donors (Lipinski definition) is 0. The van der Waals surface area contributed by atoms with E-state index in [2.05, 4.69) is 422 Å². The second-order valence-corrected chi connectivity index (χ2v) is 28.6. The molecule has 2 nitrogen and oxygen atoms in total. The molecule has 0 amide bonds. The van der Waals surface area contributed by atoms with Gasteiger partial charge in [-0.15, -0.1) is 0 Å². The van der Waals surface area contributed by atoms with Crippen molar-refractivity contribution in [3.63, 3.8) is 0 Å². The van der Waals surface area contributed by atoms with Crippen molar-refractivity contribution in [2.24, 2.45) is 0 Å². The van der Waals surface area contributed by atoms with Crippen molar-refractivity contribution in [3.05, 3.63) is 413 Å². The van der Waals surface area contributed by atoms with Gasteiger partial charge in [-0.05, 0) is 238 Å². The van der Waals surface area contributed by atoms with Crippen LogP contribution >= 0.6 is 0 Å². The third kappa shape index (κ3) is 10.6. The summed E-state index contributed by atoms with van der Waals surface area (Å²) in [5.41, 5.74) is 28.8. The standard InChI is InChI=1S/C54H35N.C52H33N/c1-2-14-36(15-3-1)37-16-12-17-38(32-37)39-18-13-19-42(33-39)55-53-27-11-10-26-50(53)46-23-7-9-25-48(46)52-35-41(29-31-54(52)55)40-28-30-49-45-22-5-4-20-43(45)44-21-6-8-24-47(44)51(49)34-40;1-2-13-35-30-37(25-24-34(35)12-1)36-14-11-15-40(31-36)53-51-23-10-9-22-48(51)44-19-6-8-21-46(44)50-33-39(27-29-52(50)53)38-26-28-47-43-18-4-3-16-41(43)42-17-5-7-20-45(42)49(47)32-38/h1-35H;1-33H. The average molecular weight is 1370 g/mol. The summed E-state index contributed by atoms with van der Waals surface area (Å²) in [6.07, 6.45) is 0. The Morgan fingerprint density at radius 1 is 0.120 bits per heavy atom. The highest BCUT2D eigenvalue weighted by Crippen LogP contribution is 2.55. The van der Waals surface area contributed by atoms with Crippen molar-refractivity contribution >= 4 is 110 Å². The predicted molar refractivity (Wildman–Crippen MR) is 461 cm³/mol. The number of anilines is 6. The van der Waals surface area contributed by atoms with Crippen LogP contribution in [0.5, 0.6) is 0 Å². The zero-order chi connectivity index (χ0) is 71.2. The molecule has 2 heterocycles.